The number of Topliss-reactive ketones (excluding diaryl/α,β-unsaturated/α-hetero) is 1. The van der Waals surface area contributed by atoms with Crippen LogP contribution in [0.2, 0.25) is 0 Å². The second-order valence-corrected chi connectivity index (χ2v) is 6.45. The van der Waals surface area contributed by atoms with Gasteiger partial charge < -0.3 is 0 Å². The van der Waals surface area contributed by atoms with E-state index in [9.17, 15) is 4.79 Å². The van der Waals surface area contributed by atoms with Gasteiger partial charge in [-0.05, 0) is 18.1 Å². The highest BCUT2D eigenvalue weighted by Gasteiger charge is 2.33. The third-order valence-electron chi connectivity index (χ3n) is 2.39. The largest absolute Gasteiger partial charge is 0.293 e. The molecule has 0 N–H and O–H groups in total. The first-order valence-corrected chi connectivity index (χ1v) is 6.63. The minimum atomic E-state index is 0.0911. The Labute approximate surface area is 92.1 Å². The van der Waals surface area contributed by atoms with E-state index >= 15 is 0 Å². The summed E-state index contributed by atoms with van der Waals surface area (Å²) in [6.07, 6.45) is 3.60. The molecule has 0 spiro atoms. The van der Waals surface area contributed by atoms with Crippen LogP contribution in [0.4, 0.5) is 0 Å². The third-order valence-corrected chi connectivity index (χ3v) is 4.51. The van der Waals surface area contributed by atoms with E-state index in [-0.39, 0.29) is 11.2 Å². The molecule has 1 aromatic heterocycles. The van der Waals surface area contributed by atoms with Crippen molar-refractivity contribution in [2.24, 2.45) is 5.41 Å². The van der Waals surface area contributed by atoms with Crippen molar-refractivity contribution in [3.63, 3.8) is 0 Å². The Morgan fingerprint density at radius 3 is 2.79 bits per heavy atom. The van der Waals surface area contributed by atoms with E-state index < -0.39 is 0 Å². The summed E-state index contributed by atoms with van der Waals surface area (Å²) in [6, 6.07) is 0. The summed E-state index contributed by atoms with van der Waals surface area (Å²) >= 11 is 3.17. The van der Waals surface area contributed by atoms with Crippen LogP contribution in [-0.4, -0.2) is 17.0 Å². The van der Waals surface area contributed by atoms with Crippen molar-refractivity contribution in [1.82, 2.24) is 4.98 Å². The Hall–Kier alpha value is -0.350. The average molecular weight is 227 g/mol. The van der Waals surface area contributed by atoms with Gasteiger partial charge in [0.2, 0.25) is 0 Å². The lowest BCUT2D eigenvalue weighted by atomic mass is 9.78. The zero-order chi connectivity index (χ0) is 10.3. The van der Waals surface area contributed by atoms with Gasteiger partial charge in [0, 0.05) is 6.42 Å². The summed E-state index contributed by atoms with van der Waals surface area (Å²) in [6.45, 7) is 4.26. The van der Waals surface area contributed by atoms with Gasteiger partial charge in [-0.3, -0.25) is 4.79 Å². The van der Waals surface area contributed by atoms with E-state index in [1.54, 1.807) is 23.1 Å². The number of carbonyl (C=O) groups excluding carboxylic acids is 1. The number of aromatic nitrogens is 1. The van der Waals surface area contributed by atoms with Crippen molar-refractivity contribution < 1.29 is 4.79 Å². The van der Waals surface area contributed by atoms with Crippen LogP contribution in [0.15, 0.2) is 4.34 Å². The van der Waals surface area contributed by atoms with Crippen LogP contribution in [0.3, 0.4) is 0 Å². The summed E-state index contributed by atoms with van der Waals surface area (Å²) in [5, 5.41) is 0. The van der Waals surface area contributed by atoms with Crippen LogP contribution in [0.1, 0.15) is 35.6 Å². The number of thiazole rings is 1. The molecule has 0 atom stereocenters. The van der Waals surface area contributed by atoms with Gasteiger partial charge in [0.1, 0.15) is 0 Å². The molecule has 4 heteroatoms. The highest BCUT2D eigenvalue weighted by Crippen LogP contribution is 2.38. The van der Waals surface area contributed by atoms with Crippen molar-refractivity contribution in [1.29, 1.82) is 0 Å². The lowest BCUT2D eigenvalue weighted by Gasteiger charge is -2.26. The smallest absolute Gasteiger partial charge is 0.175 e. The van der Waals surface area contributed by atoms with Crippen LogP contribution < -0.4 is 0 Å². The predicted octanol–water partition coefficient (Wildman–Crippen LogP) is 3.02. The highest BCUT2D eigenvalue weighted by atomic mass is 32.2. The number of hydrogen-bond acceptors (Lipinski definition) is 4. The van der Waals surface area contributed by atoms with E-state index in [4.69, 9.17) is 0 Å². The van der Waals surface area contributed by atoms with Crippen molar-refractivity contribution in [3.05, 3.63) is 10.6 Å². The zero-order valence-corrected chi connectivity index (χ0v) is 10.2. The van der Waals surface area contributed by atoms with Gasteiger partial charge in [-0.25, -0.2) is 4.98 Å². The Bertz CT molecular complexity index is 381. The first-order valence-electron chi connectivity index (χ1n) is 4.59. The molecule has 0 fully saturated rings. The van der Waals surface area contributed by atoms with Gasteiger partial charge in [0.05, 0.1) is 10.6 Å². The van der Waals surface area contributed by atoms with Crippen LogP contribution in [0, 0.1) is 5.41 Å². The first kappa shape index (κ1) is 10.2. The highest BCUT2D eigenvalue weighted by molar-refractivity contribution is 8.00. The molecule has 0 aliphatic heterocycles. The summed E-state index contributed by atoms with van der Waals surface area (Å²) in [5.74, 6) is 0.272. The molecule has 0 amide bonds. The molecule has 14 heavy (non-hydrogen) atoms. The fourth-order valence-electron chi connectivity index (χ4n) is 1.79. The van der Waals surface area contributed by atoms with Crippen molar-refractivity contribution >= 4 is 28.9 Å². The molecule has 2 rings (SSSR count). The van der Waals surface area contributed by atoms with Gasteiger partial charge in [-0.1, -0.05) is 25.6 Å². The van der Waals surface area contributed by atoms with Crippen LogP contribution in [0.25, 0.3) is 0 Å². The molecule has 0 bridgehead atoms. The lowest BCUT2D eigenvalue weighted by Crippen LogP contribution is -2.25. The fraction of sp³-hybridized carbons (Fsp3) is 0.600. The monoisotopic (exact) mass is 227 g/mol. The van der Waals surface area contributed by atoms with E-state index in [2.05, 4.69) is 18.8 Å². The first-order chi connectivity index (χ1) is 6.52. The molecule has 1 aliphatic carbocycles. The average Bonchev–Trinajstić information content (AvgIpc) is 2.45. The molecular weight excluding hydrogens is 214 g/mol. The van der Waals surface area contributed by atoms with Crippen molar-refractivity contribution in [2.75, 3.05) is 6.26 Å². The van der Waals surface area contributed by atoms with Gasteiger partial charge in [0.25, 0.3) is 0 Å². The molecule has 1 aliphatic rings. The normalized spacial score (nSPS) is 19.5. The second-order valence-electron chi connectivity index (χ2n) is 4.40. The third kappa shape index (κ3) is 1.73. The maximum Gasteiger partial charge on any atom is 0.175 e. The maximum atomic E-state index is 11.8. The zero-order valence-electron chi connectivity index (χ0n) is 8.59. The van der Waals surface area contributed by atoms with Gasteiger partial charge in [-0.2, -0.15) is 0 Å². The summed E-state index contributed by atoms with van der Waals surface area (Å²) in [4.78, 5) is 17.2. The summed E-state index contributed by atoms with van der Waals surface area (Å²) in [7, 11) is 0. The van der Waals surface area contributed by atoms with Gasteiger partial charge in [0.15, 0.2) is 10.1 Å². The van der Waals surface area contributed by atoms with Gasteiger partial charge >= 0.3 is 0 Å². The predicted molar refractivity (Wildman–Crippen MR) is 60.3 cm³/mol. The fourth-order valence-corrected chi connectivity index (χ4v) is 3.32. The van der Waals surface area contributed by atoms with Crippen molar-refractivity contribution in [2.45, 2.75) is 31.0 Å². The van der Waals surface area contributed by atoms with Crippen LogP contribution in [0.5, 0.6) is 0 Å². The second kappa shape index (κ2) is 3.35. The summed E-state index contributed by atoms with van der Waals surface area (Å²) < 4.78 is 1.01. The molecule has 1 aromatic rings. The molecular formula is C10H13NOS2. The van der Waals surface area contributed by atoms with Crippen LogP contribution >= 0.6 is 23.1 Å². The van der Waals surface area contributed by atoms with E-state index in [1.165, 1.54) is 0 Å². The molecule has 76 valence electrons. The van der Waals surface area contributed by atoms with Gasteiger partial charge in [-0.15, -0.1) is 11.3 Å². The van der Waals surface area contributed by atoms with E-state index in [1.807, 2.05) is 6.26 Å². The van der Waals surface area contributed by atoms with Crippen LogP contribution in [-0.2, 0) is 6.42 Å². The number of rotatable bonds is 1. The number of fused-ring (bicyclic) bond motifs is 1. The number of carbonyl (C=O) groups is 1. The Morgan fingerprint density at radius 1 is 1.43 bits per heavy atom. The Morgan fingerprint density at radius 2 is 2.14 bits per heavy atom. The molecule has 0 saturated heterocycles. The summed E-state index contributed by atoms with van der Waals surface area (Å²) in [5.41, 5.74) is 1.11. The topological polar surface area (TPSA) is 30.0 Å². The SMILES string of the molecule is CSc1nc2c(s1)C(=O)CC(C)(C)C2. The Balaban J connectivity index is 2.43. The van der Waals surface area contributed by atoms with Crippen molar-refractivity contribution in [3.8, 4) is 0 Å². The minimum absolute atomic E-state index is 0.0911. The van der Waals surface area contributed by atoms with E-state index in [0.717, 1.165) is 21.3 Å². The Kier molecular flexibility index (Phi) is 2.43. The lowest BCUT2D eigenvalue weighted by molar-refractivity contribution is 0.0916. The maximum absolute atomic E-state index is 11.8. The molecule has 0 saturated carbocycles. The molecule has 2 nitrogen and oxygen atoms in total. The molecule has 1 heterocycles. The number of ketones is 1. The standard InChI is InChI=1S/C10H13NOS2/c1-10(2)4-6-8(7(12)5-10)14-9(11-6)13-3/h4-5H2,1-3H3. The molecule has 0 unspecified atom stereocenters. The number of thioether (sulfide) groups is 1. The molecule has 0 radical (unpaired) electrons. The minimum Gasteiger partial charge on any atom is -0.293 e. The quantitative estimate of drug-likeness (QED) is 0.691. The molecule has 0 aromatic carbocycles. The number of nitrogens with zero attached hydrogens (tertiary/aromatic N) is 1. The number of hydrogen-bond donors (Lipinski definition) is 0. The van der Waals surface area contributed by atoms with E-state index in [0.29, 0.717) is 6.42 Å².